The summed E-state index contributed by atoms with van der Waals surface area (Å²) in [6, 6.07) is 11.3. The molecule has 0 atom stereocenters. The van der Waals surface area contributed by atoms with E-state index in [2.05, 4.69) is 15.2 Å². The number of nitrogens with zero attached hydrogens (tertiary/aromatic N) is 3. The fourth-order valence-electron chi connectivity index (χ4n) is 1.85. The van der Waals surface area contributed by atoms with Gasteiger partial charge in [0.1, 0.15) is 5.75 Å². The van der Waals surface area contributed by atoms with Crippen molar-refractivity contribution in [2.45, 2.75) is 6.54 Å². The number of hydrogen-bond donors (Lipinski definition) is 1. The SMILES string of the molecule is NCc1ccnnc1Oc1cccc2ncccc12. The summed E-state index contributed by atoms with van der Waals surface area (Å²) < 4.78 is 5.82. The van der Waals surface area contributed by atoms with E-state index in [0.717, 1.165) is 16.5 Å². The highest BCUT2D eigenvalue weighted by Gasteiger charge is 2.08. The maximum Gasteiger partial charge on any atom is 0.243 e. The Bertz CT molecular complexity index is 709. The van der Waals surface area contributed by atoms with Crippen molar-refractivity contribution in [3.63, 3.8) is 0 Å². The third-order valence-electron chi connectivity index (χ3n) is 2.80. The predicted molar refractivity (Wildman–Crippen MR) is 71.7 cm³/mol. The quantitative estimate of drug-likeness (QED) is 0.774. The number of pyridine rings is 1. The van der Waals surface area contributed by atoms with E-state index < -0.39 is 0 Å². The van der Waals surface area contributed by atoms with Gasteiger partial charge >= 0.3 is 0 Å². The topological polar surface area (TPSA) is 73.9 Å². The summed E-state index contributed by atoms with van der Waals surface area (Å²) in [4.78, 5) is 4.29. The van der Waals surface area contributed by atoms with Crippen LogP contribution in [0.2, 0.25) is 0 Å². The molecule has 2 heterocycles. The molecule has 0 aliphatic rings. The smallest absolute Gasteiger partial charge is 0.243 e. The van der Waals surface area contributed by atoms with Gasteiger partial charge in [0.15, 0.2) is 0 Å². The summed E-state index contributed by atoms with van der Waals surface area (Å²) in [5.74, 6) is 1.13. The standard InChI is InChI=1S/C14H12N4O/c15-9-10-6-8-17-18-14(10)19-13-5-1-4-12-11(13)3-2-7-16-12/h1-8H,9,15H2. The Kier molecular flexibility index (Phi) is 3.04. The molecule has 5 heteroatoms. The second-order valence-electron chi connectivity index (χ2n) is 3.99. The van der Waals surface area contributed by atoms with Crippen LogP contribution in [0.4, 0.5) is 0 Å². The molecular formula is C14H12N4O. The average Bonchev–Trinajstić information content (AvgIpc) is 2.48. The van der Waals surface area contributed by atoms with E-state index in [4.69, 9.17) is 10.5 Å². The molecule has 2 aromatic heterocycles. The summed E-state index contributed by atoms with van der Waals surface area (Å²) in [7, 11) is 0. The number of ether oxygens (including phenoxy) is 1. The lowest BCUT2D eigenvalue weighted by Crippen LogP contribution is -2.02. The van der Waals surface area contributed by atoms with Crippen molar-refractivity contribution in [1.82, 2.24) is 15.2 Å². The summed E-state index contributed by atoms with van der Waals surface area (Å²) >= 11 is 0. The molecule has 0 aliphatic carbocycles. The first kappa shape index (κ1) is 11.6. The van der Waals surface area contributed by atoms with Gasteiger partial charge in [-0.05, 0) is 30.3 Å². The van der Waals surface area contributed by atoms with Crippen LogP contribution < -0.4 is 10.5 Å². The predicted octanol–water partition coefficient (Wildman–Crippen LogP) is 2.28. The molecule has 0 bridgehead atoms. The molecule has 0 fully saturated rings. The number of fused-ring (bicyclic) bond motifs is 1. The van der Waals surface area contributed by atoms with E-state index >= 15 is 0 Å². The van der Waals surface area contributed by atoms with Gasteiger partial charge in [-0.2, -0.15) is 5.10 Å². The summed E-state index contributed by atoms with van der Waals surface area (Å²) in [5.41, 5.74) is 7.35. The van der Waals surface area contributed by atoms with Crippen LogP contribution in [0, 0.1) is 0 Å². The third kappa shape index (κ3) is 2.23. The number of benzene rings is 1. The summed E-state index contributed by atoms with van der Waals surface area (Å²) in [6.45, 7) is 0.355. The van der Waals surface area contributed by atoms with E-state index in [1.807, 2.05) is 30.3 Å². The lowest BCUT2D eigenvalue weighted by Gasteiger charge is -2.09. The molecule has 94 valence electrons. The van der Waals surface area contributed by atoms with Gasteiger partial charge in [0.2, 0.25) is 5.88 Å². The number of aromatic nitrogens is 3. The molecule has 0 spiro atoms. The van der Waals surface area contributed by atoms with Crippen molar-refractivity contribution in [1.29, 1.82) is 0 Å². The lowest BCUT2D eigenvalue weighted by molar-refractivity contribution is 0.453. The van der Waals surface area contributed by atoms with E-state index in [-0.39, 0.29) is 0 Å². The molecule has 1 aromatic carbocycles. The molecule has 0 amide bonds. The summed E-state index contributed by atoms with van der Waals surface area (Å²) in [5, 5.41) is 8.73. The molecule has 2 N–H and O–H groups in total. The molecular weight excluding hydrogens is 240 g/mol. The Labute approximate surface area is 110 Å². The second-order valence-corrected chi connectivity index (χ2v) is 3.99. The number of rotatable bonds is 3. The monoisotopic (exact) mass is 252 g/mol. The van der Waals surface area contributed by atoms with Gasteiger partial charge in [-0.25, -0.2) is 0 Å². The molecule has 0 saturated carbocycles. The Hall–Kier alpha value is -2.53. The summed E-state index contributed by atoms with van der Waals surface area (Å²) in [6.07, 6.45) is 3.35. The van der Waals surface area contributed by atoms with Gasteiger partial charge in [-0.15, -0.1) is 5.10 Å². The van der Waals surface area contributed by atoms with E-state index in [1.165, 1.54) is 0 Å². The second kappa shape index (κ2) is 4.99. The minimum absolute atomic E-state index is 0.355. The minimum Gasteiger partial charge on any atom is -0.437 e. The zero-order valence-electron chi connectivity index (χ0n) is 10.2. The lowest BCUT2D eigenvalue weighted by atomic mass is 10.2. The Balaban J connectivity index is 2.06. The zero-order chi connectivity index (χ0) is 13.1. The maximum absolute atomic E-state index is 5.82. The van der Waals surface area contributed by atoms with Crippen molar-refractivity contribution in [3.8, 4) is 11.6 Å². The van der Waals surface area contributed by atoms with Gasteiger partial charge in [0, 0.05) is 23.7 Å². The molecule has 3 aromatic rings. The fourth-order valence-corrected chi connectivity index (χ4v) is 1.85. The first-order valence-corrected chi connectivity index (χ1v) is 5.91. The maximum atomic E-state index is 5.82. The highest BCUT2D eigenvalue weighted by molar-refractivity contribution is 5.85. The van der Waals surface area contributed by atoms with Crippen molar-refractivity contribution in [2.75, 3.05) is 0 Å². The number of hydrogen-bond acceptors (Lipinski definition) is 5. The Morgan fingerprint density at radius 1 is 1.05 bits per heavy atom. The van der Waals surface area contributed by atoms with E-state index in [9.17, 15) is 0 Å². The van der Waals surface area contributed by atoms with Crippen molar-refractivity contribution in [3.05, 3.63) is 54.4 Å². The van der Waals surface area contributed by atoms with Crippen LogP contribution >= 0.6 is 0 Å². The van der Waals surface area contributed by atoms with Crippen LogP contribution in [-0.4, -0.2) is 15.2 Å². The van der Waals surface area contributed by atoms with Crippen molar-refractivity contribution < 1.29 is 4.74 Å². The molecule has 0 aliphatic heterocycles. The largest absolute Gasteiger partial charge is 0.437 e. The first-order chi connectivity index (χ1) is 9.38. The number of nitrogens with two attached hydrogens (primary N) is 1. The normalized spacial score (nSPS) is 10.6. The van der Waals surface area contributed by atoms with Gasteiger partial charge in [-0.3, -0.25) is 4.98 Å². The zero-order valence-corrected chi connectivity index (χ0v) is 10.2. The highest BCUT2D eigenvalue weighted by atomic mass is 16.5. The van der Waals surface area contributed by atoms with Gasteiger partial charge in [0.25, 0.3) is 0 Å². The molecule has 5 nitrogen and oxygen atoms in total. The van der Waals surface area contributed by atoms with E-state index in [1.54, 1.807) is 18.5 Å². The van der Waals surface area contributed by atoms with Gasteiger partial charge < -0.3 is 10.5 Å². The van der Waals surface area contributed by atoms with Crippen LogP contribution in [-0.2, 0) is 6.54 Å². The fraction of sp³-hybridized carbons (Fsp3) is 0.0714. The average molecular weight is 252 g/mol. The van der Waals surface area contributed by atoms with E-state index in [0.29, 0.717) is 18.2 Å². The third-order valence-corrected chi connectivity index (χ3v) is 2.80. The minimum atomic E-state index is 0.355. The molecule has 0 unspecified atom stereocenters. The van der Waals surface area contributed by atoms with Gasteiger partial charge in [0.05, 0.1) is 11.7 Å². The molecule has 3 rings (SSSR count). The van der Waals surface area contributed by atoms with Crippen LogP contribution in [0.25, 0.3) is 10.9 Å². The molecule has 0 radical (unpaired) electrons. The Morgan fingerprint density at radius 2 is 2.00 bits per heavy atom. The van der Waals surface area contributed by atoms with Crippen LogP contribution in [0.15, 0.2) is 48.8 Å². The van der Waals surface area contributed by atoms with Gasteiger partial charge in [-0.1, -0.05) is 6.07 Å². The van der Waals surface area contributed by atoms with Crippen LogP contribution in [0.1, 0.15) is 5.56 Å². The molecule has 19 heavy (non-hydrogen) atoms. The van der Waals surface area contributed by atoms with Crippen molar-refractivity contribution >= 4 is 10.9 Å². The van der Waals surface area contributed by atoms with Crippen LogP contribution in [0.5, 0.6) is 11.6 Å². The van der Waals surface area contributed by atoms with Crippen LogP contribution in [0.3, 0.4) is 0 Å². The first-order valence-electron chi connectivity index (χ1n) is 5.91. The molecule has 0 saturated heterocycles. The van der Waals surface area contributed by atoms with Crippen molar-refractivity contribution in [2.24, 2.45) is 5.73 Å². The highest BCUT2D eigenvalue weighted by Crippen LogP contribution is 2.28. The Morgan fingerprint density at radius 3 is 2.89 bits per heavy atom.